The van der Waals surface area contributed by atoms with Crippen molar-refractivity contribution in [1.29, 1.82) is 0 Å². The van der Waals surface area contributed by atoms with E-state index in [1.165, 1.54) is 5.56 Å². The number of nitrogens with two attached hydrogens (primary N) is 1. The van der Waals surface area contributed by atoms with Crippen LogP contribution in [0.1, 0.15) is 49.5 Å². The highest BCUT2D eigenvalue weighted by atomic mass is 16.1. The summed E-state index contributed by atoms with van der Waals surface area (Å²) in [4.78, 5) is 11.9. The zero-order valence-electron chi connectivity index (χ0n) is 11.1. The van der Waals surface area contributed by atoms with Crippen LogP contribution >= 0.6 is 0 Å². The van der Waals surface area contributed by atoms with Gasteiger partial charge in [0.05, 0.1) is 0 Å². The number of carbonyl (C=O) groups is 1. The van der Waals surface area contributed by atoms with Gasteiger partial charge < -0.3 is 5.73 Å². The molecule has 0 saturated heterocycles. The normalized spacial score (nSPS) is 12.8. The molecule has 0 aliphatic rings. The van der Waals surface area contributed by atoms with E-state index in [4.69, 9.17) is 5.73 Å². The topological polar surface area (TPSA) is 43.1 Å². The average Bonchev–Trinajstić information content (AvgIpc) is 2.30. The Kier molecular flexibility index (Phi) is 5.36. The molecule has 0 radical (unpaired) electrons. The molecule has 0 bridgehead atoms. The highest BCUT2D eigenvalue weighted by Gasteiger charge is 2.14. The smallest absolute Gasteiger partial charge is 0.164 e. The molecule has 0 fully saturated rings. The van der Waals surface area contributed by atoms with Gasteiger partial charge in [0.25, 0.3) is 0 Å². The van der Waals surface area contributed by atoms with Crippen molar-refractivity contribution >= 4 is 5.78 Å². The van der Waals surface area contributed by atoms with Gasteiger partial charge in [0.2, 0.25) is 0 Å². The van der Waals surface area contributed by atoms with Crippen LogP contribution in [-0.4, -0.2) is 11.8 Å². The third-order valence-electron chi connectivity index (χ3n) is 3.09. The van der Waals surface area contributed by atoms with E-state index in [0.29, 0.717) is 12.3 Å². The Balaban J connectivity index is 2.63. The largest absolute Gasteiger partial charge is 0.327 e. The van der Waals surface area contributed by atoms with E-state index < -0.39 is 0 Å². The zero-order valence-corrected chi connectivity index (χ0v) is 11.1. The molecule has 1 unspecified atom stereocenters. The zero-order chi connectivity index (χ0) is 12.8. The van der Waals surface area contributed by atoms with Crippen LogP contribution in [-0.2, 0) is 6.42 Å². The van der Waals surface area contributed by atoms with Gasteiger partial charge in [0.1, 0.15) is 0 Å². The molecule has 17 heavy (non-hydrogen) atoms. The molecule has 2 heteroatoms. The van der Waals surface area contributed by atoms with Crippen molar-refractivity contribution in [1.82, 2.24) is 0 Å². The quantitative estimate of drug-likeness (QED) is 0.767. The molecule has 0 spiro atoms. The lowest BCUT2D eigenvalue weighted by molar-refractivity contribution is 0.0967. The van der Waals surface area contributed by atoms with E-state index in [1.807, 2.05) is 38.1 Å². The summed E-state index contributed by atoms with van der Waals surface area (Å²) in [6.45, 7) is 6.24. The van der Waals surface area contributed by atoms with Crippen molar-refractivity contribution in [2.24, 2.45) is 11.7 Å². The van der Waals surface area contributed by atoms with Gasteiger partial charge >= 0.3 is 0 Å². The fourth-order valence-corrected chi connectivity index (χ4v) is 1.71. The van der Waals surface area contributed by atoms with E-state index >= 15 is 0 Å². The number of hydrogen-bond donors (Lipinski definition) is 1. The fraction of sp³-hybridized carbons (Fsp3) is 0.533. The molecule has 2 nitrogen and oxygen atoms in total. The van der Waals surface area contributed by atoms with E-state index in [-0.39, 0.29) is 11.8 Å². The highest BCUT2D eigenvalue weighted by Crippen LogP contribution is 2.12. The Hall–Kier alpha value is -1.15. The first-order valence-corrected chi connectivity index (χ1v) is 6.42. The van der Waals surface area contributed by atoms with Gasteiger partial charge in [-0.1, -0.05) is 51.5 Å². The Labute approximate surface area is 104 Å². The lowest BCUT2D eigenvalue weighted by Gasteiger charge is -2.14. The highest BCUT2D eigenvalue weighted by molar-refractivity contribution is 5.96. The molecule has 0 aliphatic carbocycles. The first-order chi connectivity index (χ1) is 8.04. The summed E-state index contributed by atoms with van der Waals surface area (Å²) >= 11 is 0. The number of ketones is 1. The molecule has 1 aromatic rings. The summed E-state index contributed by atoms with van der Waals surface area (Å²) < 4.78 is 0. The maximum absolute atomic E-state index is 11.9. The number of benzene rings is 1. The molecule has 1 rings (SSSR count). The van der Waals surface area contributed by atoms with Crippen LogP contribution in [0.15, 0.2) is 24.3 Å². The van der Waals surface area contributed by atoms with Crippen molar-refractivity contribution in [3.05, 3.63) is 35.4 Å². The van der Waals surface area contributed by atoms with Crippen LogP contribution in [0.25, 0.3) is 0 Å². The van der Waals surface area contributed by atoms with Crippen molar-refractivity contribution in [3.63, 3.8) is 0 Å². The van der Waals surface area contributed by atoms with Crippen molar-refractivity contribution in [3.8, 4) is 0 Å². The van der Waals surface area contributed by atoms with Crippen LogP contribution in [0.3, 0.4) is 0 Å². The average molecular weight is 233 g/mol. The van der Waals surface area contributed by atoms with Crippen LogP contribution < -0.4 is 5.73 Å². The summed E-state index contributed by atoms with van der Waals surface area (Å²) in [7, 11) is 0. The molecule has 1 aromatic carbocycles. The Morgan fingerprint density at radius 1 is 1.24 bits per heavy atom. The van der Waals surface area contributed by atoms with E-state index in [9.17, 15) is 4.79 Å². The summed E-state index contributed by atoms with van der Waals surface area (Å²) in [5, 5.41) is 0. The SMILES string of the molecule is CCCc1ccc(C(=O)CC(N)C(C)C)cc1. The second kappa shape index (κ2) is 6.55. The maximum atomic E-state index is 11.9. The minimum atomic E-state index is -0.0437. The lowest BCUT2D eigenvalue weighted by atomic mass is 9.96. The second-order valence-corrected chi connectivity index (χ2v) is 4.98. The van der Waals surface area contributed by atoms with Gasteiger partial charge in [0, 0.05) is 18.0 Å². The molecule has 0 heterocycles. The molecule has 0 aromatic heterocycles. The summed E-state index contributed by atoms with van der Waals surface area (Å²) in [6.07, 6.45) is 2.64. The van der Waals surface area contributed by atoms with Crippen molar-refractivity contribution in [2.45, 2.75) is 46.1 Å². The lowest BCUT2D eigenvalue weighted by Crippen LogP contribution is -2.29. The first kappa shape index (κ1) is 13.9. The fourth-order valence-electron chi connectivity index (χ4n) is 1.71. The third-order valence-corrected chi connectivity index (χ3v) is 3.09. The van der Waals surface area contributed by atoms with Gasteiger partial charge in [-0.15, -0.1) is 0 Å². The molecule has 94 valence electrons. The van der Waals surface area contributed by atoms with E-state index in [2.05, 4.69) is 6.92 Å². The van der Waals surface area contributed by atoms with Crippen LogP contribution in [0, 0.1) is 5.92 Å². The van der Waals surface area contributed by atoms with Gasteiger partial charge in [0.15, 0.2) is 5.78 Å². The van der Waals surface area contributed by atoms with E-state index in [1.54, 1.807) is 0 Å². The van der Waals surface area contributed by atoms with Gasteiger partial charge in [-0.05, 0) is 17.9 Å². The predicted octanol–water partition coefficient (Wildman–Crippen LogP) is 3.20. The summed E-state index contributed by atoms with van der Waals surface area (Å²) in [5.74, 6) is 0.493. The van der Waals surface area contributed by atoms with Crippen LogP contribution in [0.2, 0.25) is 0 Å². The minimum absolute atomic E-state index is 0.0437. The molecule has 2 N–H and O–H groups in total. The molecule has 0 amide bonds. The number of carbonyl (C=O) groups excluding carboxylic acids is 1. The number of hydrogen-bond acceptors (Lipinski definition) is 2. The molecule has 0 saturated carbocycles. The van der Waals surface area contributed by atoms with Crippen molar-refractivity contribution < 1.29 is 4.79 Å². The van der Waals surface area contributed by atoms with Gasteiger partial charge in [-0.3, -0.25) is 4.79 Å². The Bertz CT molecular complexity index is 354. The Morgan fingerprint density at radius 3 is 2.29 bits per heavy atom. The summed E-state index contributed by atoms with van der Waals surface area (Å²) in [6, 6.07) is 7.87. The van der Waals surface area contributed by atoms with Crippen LogP contribution in [0.5, 0.6) is 0 Å². The number of rotatable bonds is 6. The second-order valence-electron chi connectivity index (χ2n) is 4.98. The first-order valence-electron chi connectivity index (χ1n) is 6.42. The number of Topliss-reactive ketones (excluding diaryl/α,β-unsaturated/α-hetero) is 1. The standard InChI is InChI=1S/C15H23NO/c1-4-5-12-6-8-13(9-7-12)15(17)10-14(16)11(2)3/h6-9,11,14H,4-5,10,16H2,1-3H3. The minimum Gasteiger partial charge on any atom is -0.327 e. The maximum Gasteiger partial charge on any atom is 0.164 e. The third kappa shape index (κ3) is 4.31. The molecule has 0 aliphatic heterocycles. The van der Waals surface area contributed by atoms with Crippen LogP contribution in [0.4, 0.5) is 0 Å². The molecular weight excluding hydrogens is 210 g/mol. The molecular formula is C15H23NO. The van der Waals surface area contributed by atoms with Crippen molar-refractivity contribution in [2.75, 3.05) is 0 Å². The van der Waals surface area contributed by atoms with Gasteiger partial charge in [-0.25, -0.2) is 0 Å². The summed E-state index contributed by atoms with van der Waals surface area (Å²) in [5.41, 5.74) is 7.98. The Morgan fingerprint density at radius 2 is 1.82 bits per heavy atom. The number of aryl methyl sites for hydroxylation is 1. The molecule has 1 atom stereocenters. The monoisotopic (exact) mass is 233 g/mol. The van der Waals surface area contributed by atoms with E-state index in [0.717, 1.165) is 18.4 Å². The van der Waals surface area contributed by atoms with Gasteiger partial charge in [-0.2, -0.15) is 0 Å². The predicted molar refractivity (Wildman–Crippen MR) is 72.2 cm³/mol.